The maximum absolute atomic E-state index is 12.1. The molecule has 1 aromatic carbocycles. The average Bonchev–Trinajstić information content (AvgIpc) is 2.44. The van der Waals surface area contributed by atoms with Crippen molar-refractivity contribution < 1.29 is 9.90 Å². The highest BCUT2D eigenvalue weighted by Gasteiger charge is 2.18. The van der Waals surface area contributed by atoms with Crippen molar-refractivity contribution in [2.75, 3.05) is 6.61 Å². The van der Waals surface area contributed by atoms with Crippen LogP contribution in [-0.2, 0) is 4.79 Å². The summed E-state index contributed by atoms with van der Waals surface area (Å²) in [5, 5.41) is 12.1. The van der Waals surface area contributed by atoms with E-state index in [-0.39, 0.29) is 30.4 Å². The van der Waals surface area contributed by atoms with E-state index < -0.39 is 0 Å². The number of aryl methyl sites for hydroxylation is 1. The molecule has 0 aliphatic carbocycles. The van der Waals surface area contributed by atoms with E-state index in [0.717, 1.165) is 6.42 Å². The van der Waals surface area contributed by atoms with Gasteiger partial charge in [-0.1, -0.05) is 43.7 Å². The highest BCUT2D eigenvalue weighted by atomic mass is 16.3. The largest absolute Gasteiger partial charge is 0.396 e. The second-order valence-corrected chi connectivity index (χ2v) is 5.74. The van der Waals surface area contributed by atoms with Crippen molar-refractivity contribution in [3.63, 3.8) is 0 Å². The van der Waals surface area contributed by atoms with E-state index in [0.29, 0.717) is 6.42 Å². The van der Waals surface area contributed by atoms with Crippen LogP contribution in [0.15, 0.2) is 24.3 Å². The van der Waals surface area contributed by atoms with Gasteiger partial charge in [0.1, 0.15) is 0 Å². The molecule has 2 N–H and O–H groups in total. The standard InChI is InChI=1S/C17H27NO2/c1-5-15(16-8-6-12(2)7-9-16)10-17(20)18-14(4)13(3)11-19/h6-9,13-15,19H,5,10-11H2,1-4H3,(H,18,20). The predicted molar refractivity (Wildman–Crippen MR) is 82.7 cm³/mol. The van der Waals surface area contributed by atoms with Gasteiger partial charge in [-0.3, -0.25) is 4.79 Å². The van der Waals surface area contributed by atoms with Crippen molar-refractivity contribution >= 4 is 5.91 Å². The van der Waals surface area contributed by atoms with Crippen LogP contribution in [0, 0.1) is 12.8 Å². The lowest BCUT2D eigenvalue weighted by Crippen LogP contribution is -2.38. The molecule has 0 fully saturated rings. The Bertz CT molecular complexity index is 414. The maximum atomic E-state index is 12.1. The van der Waals surface area contributed by atoms with Crippen molar-refractivity contribution in [1.29, 1.82) is 0 Å². The van der Waals surface area contributed by atoms with E-state index >= 15 is 0 Å². The van der Waals surface area contributed by atoms with Gasteiger partial charge in [0.2, 0.25) is 5.91 Å². The number of hydrogen-bond acceptors (Lipinski definition) is 2. The summed E-state index contributed by atoms with van der Waals surface area (Å²) in [6, 6.07) is 8.40. The molecule has 1 rings (SSSR count). The second-order valence-electron chi connectivity index (χ2n) is 5.74. The summed E-state index contributed by atoms with van der Waals surface area (Å²) in [5.74, 6) is 0.399. The van der Waals surface area contributed by atoms with Crippen LogP contribution in [0.4, 0.5) is 0 Å². The highest BCUT2D eigenvalue weighted by Crippen LogP contribution is 2.23. The topological polar surface area (TPSA) is 49.3 Å². The van der Waals surface area contributed by atoms with E-state index in [1.165, 1.54) is 11.1 Å². The summed E-state index contributed by atoms with van der Waals surface area (Å²) >= 11 is 0. The molecule has 0 aliphatic rings. The zero-order valence-corrected chi connectivity index (χ0v) is 13.0. The molecule has 0 aliphatic heterocycles. The van der Waals surface area contributed by atoms with Crippen molar-refractivity contribution in [3.05, 3.63) is 35.4 Å². The zero-order chi connectivity index (χ0) is 15.1. The van der Waals surface area contributed by atoms with Gasteiger partial charge < -0.3 is 10.4 Å². The minimum absolute atomic E-state index is 0.00280. The Balaban J connectivity index is 2.60. The number of benzene rings is 1. The Hall–Kier alpha value is -1.35. The van der Waals surface area contributed by atoms with E-state index in [1.54, 1.807) is 0 Å². The normalized spacial score (nSPS) is 15.4. The van der Waals surface area contributed by atoms with E-state index in [2.05, 4.69) is 43.4 Å². The third-order valence-corrected chi connectivity index (χ3v) is 4.00. The van der Waals surface area contributed by atoms with Gasteiger partial charge in [-0.2, -0.15) is 0 Å². The molecule has 0 radical (unpaired) electrons. The number of aliphatic hydroxyl groups is 1. The molecule has 1 amide bonds. The molecule has 3 heteroatoms. The Morgan fingerprint density at radius 1 is 1.25 bits per heavy atom. The van der Waals surface area contributed by atoms with Crippen molar-refractivity contribution in [2.45, 2.75) is 52.5 Å². The van der Waals surface area contributed by atoms with Crippen molar-refractivity contribution in [3.8, 4) is 0 Å². The van der Waals surface area contributed by atoms with Gasteiger partial charge in [0.15, 0.2) is 0 Å². The summed E-state index contributed by atoms with van der Waals surface area (Å²) in [4.78, 5) is 12.1. The zero-order valence-electron chi connectivity index (χ0n) is 13.0. The number of carbonyl (C=O) groups excluding carboxylic acids is 1. The molecular formula is C17H27NO2. The molecular weight excluding hydrogens is 250 g/mol. The van der Waals surface area contributed by atoms with Crippen molar-refractivity contribution in [1.82, 2.24) is 5.32 Å². The van der Waals surface area contributed by atoms with E-state index in [4.69, 9.17) is 5.11 Å². The quantitative estimate of drug-likeness (QED) is 0.805. The van der Waals surface area contributed by atoms with Crippen LogP contribution in [-0.4, -0.2) is 23.7 Å². The van der Waals surface area contributed by atoms with Crippen LogP contribution in [0.1, 0.15) is 50.7 Å². The lowest BCUT2D eigenvalue weighted by Gasteiger charge is -2.21. The molecule has 0 spiro atoms. The maximum Gasteiger partial charge on any atom is 0.220 e. The Labute approximate surface area is 122 Å². The first-order chi connectivity index (χ1) is 9.47. The summed E-state index contributed by atoms with van der Waals surface area (Å²) in [5.41, 5.74) is 2.45. The number of carbonyl (C=O) groups is 1. The van der Waals surface area contributed by atoms with Crippen LogP contribution in [0.3, 0.4) is 0 Å². The SMILES string of the molecule is CCC(CC(=O)NC(C)C(C)CO)c1ccc(C)cc1. The smallest absolute Gasteiger partial charge is 0.220 e. The van der Waals surface area contributed by atoms with Crippen LogP contribution < -0.4 is 5.32 Å². The average molecular weight is 277 g/mol. The molecule has 1 aromatic rings. The fourth-order valence-corrected chi connectivity index (χ4v) is 2.17. The number of nitrogens with one attached hydrogen (secondary N) is 1. The fourth-order valence-electron chi connectivity index (χ4n) is 2.17. The second kappa shape index (κ2) is 8.05. The van der Waals surface area contributed by atoms with Gasteiger partial charge >= 0.3 is 0 Å². The Morgan fingerprint density at radius 2 is 1.85 bits per heavy atom. The first kappa shape index (κ1) is 16.7. The monoisotopic (exact) mass is 277 g/mol. The van der Waals surface area contributed by atoms with Crippen molar-refractivity contribution in [2.24, 2.45) is 5.92 Å². The number of rotatable bonds is 7. The number of aliphatic hydroxyl groups excluding tert-OH is 1. The summed E-state index contributed by atoms with van der Waals surface area (Å²) in [7, 11) is 0. The van der Waals surface area contributed by atoms with Crippen LogP contribution in [0.2, 0.25) is 0 Å². The van der Waals surface area contributed by atoms with Gasteiger partial charge in [-0.25, -0.2) is 0 Å². The van der Waals surface area contributed by atoms with Gasteiger partial charge in [0, 0.05) is 19.1 Å². The lowest BCUT2D eigenvalue weighted by atomic mass is 9.92. The van der Waals surface area contributed by atoms with Crippen LogP contribution in [0.25, 0.3) is 0 Å². The van der Waals surface area contributed by atoms with Crippen LogP contribution in [0.5, 0.6) is 0 Å². The highest BCUT2D eigenvalue weighted by molar-refractivity contribution is 5.77. The van der Waals surface area contributed by atoms with Gasteiger partial charge in [0.05, 0.1) is 0 Å². The molecule has 0 heterocycles. The molecule has 0 saturated carbocycles. The van der Waals surface area contributed by atoms with E-state index in [9.17, 15) is 4.79 Å². The lowest BCUT2D eigenvalue weighted by molar-refractivity contribution is -0.122. The molecule has 3 atom stereocenters. The molecule has 0 aromatic heterocycles. The summed E-state index contributed by atoms with van der Waals surface area (Å²) in [6.45, 7) is 8.14. The summed E-state index contributed by atoms with van der Waals surface area (Å²) < 4.78 is 0. The molecule has 112 valence electrons. The predicted octanol–water partition coefficient (Wildman–Crippen LogP) is 3.01. The molecule has 3 unspecified atom stereocenters. The molecule has 0 saturated heterocycles. The molecule has 20 heavy (non-hydrogen) atoms. The van der Waals surface area contributed by atoms with Gasteiger partial charge in [-0.15, -0.1) is 0 Å². The summed E-state index contributed by atoms with van der Waals surface area (Å²) in [6.07, 6.45) is 1.45. The molecule has 0 bridgehead atoms. The van der Waals surface area contributed by atoms with Gasteiger partial charge in [-0.05, 0) is 37.7 Å². The number of hydrogen-bond donors (Lipinski definition) is 2. The Kier molecular flexibility index (Phi) is 6.73. The third kappa shape index (κ3) is 4.97. The van der Waals surface area contributed by atoms with Crippen LogP contribution >= 0.6 is 0 Å². The third-order valence-electron chi connectivity index (χ3n) is 4.00. The molecule has 3 nitrogen and oxygen atoms in total. The minimum Gasteiger partial charge on any atom is -0.396 e. The minimum atomic E-state index is 0.00280. The fraction of sp³-hybridized carbons (Fsp3) is 0.588. The van der Waals surface area contributed by atoms with Gasteiger partial charge in [0.25, 0.3) is 0 Å². The first-order valence-corrected chi connectivity index (χ1v) is 7.44. The van der Waals surface area contributed by atoms with E-state index in [1.807, 2.05) is 13.8 Å². The number of amides is 1. The first-order valence-electron chi connectivity index (χ1n) is 7.44. The Morgan fingerprint density at radius 3 is 2.35 bits per heavy atom.